The smallest absolute Gasteiger partial charge is 0.123 e. The molecule has 0 aliphatic rings. The summed E-state index contributed by atoms with van der Waals surface area (Å²) in [5.41, 5.74) is 14.6. The maximum Gasteiger partial charge on any atom is 0.123 e. The first-order valence-corrected chi connectivity index (χ1v) is 7.53. The van der Waals surface area contributed by atoms with Gasteiger partial charge in [-0.3, -0.25) is 4.68 Å². The summed E-state index contributed by atoms with van der Waals surface area (Å²) in [4.78, 5) is 4.00. The normalized spacial score (nSPS) is 12.0. The van der Waals surface area contributed by atoms with E-state index in [-0.39, 0.29) is 0 Å². The minimum Gasteiger partial charge on any atom is -0.398 e. The molecule has 0 unspecified atom stereocenters. The number of fused-ring (bicyclic) bond motifs is 1. The van der Waals surface area contributed by atoms with Crippen molar-refractivity contribution in [1.29, 1.82) is 0 Å². The van der Waals surface area contributed by atoms with Crippen LogP contribution < -0.4 is 11.5 Å². The molecule has 0 atom stereocenters. The minimum absolute atomic E-state index is 0.456. The highest BCUT2D eigenvalue weighted by Crippen LogP contribution is 2.30. The van der Waals surface area contributed by atoms with Gasteiger partial charge in [-0.2, -0.15) is 5.10 Å². The third kappa shape index (κ3) is 3.43. The Hall–Kier alpha value is -2.60. The van der Waals surface area contributed by atoms with Crippen LogP contribution in [0.4, 0.5) is 11.5 Å². The van der Waals surface area contributed by atoms with Crippen LogP contribution in [0.2, 0.25) is 0 Å². The molecule has 0 spiro atoms. The lowest BCUT2D eigenvalue weighted by Gasteiger charge is -2.16. The fourth-order valence-corrected chi connectivity index (χ4v) is 2.51. The molecule has 2 aromatic heterocycles. The number of hydrogen-bond acceptors (Lipinski definition) is 5. The van der Waals surface area contributed by atoms with Crippen molar-refractivity contribution in [3.63, 3.8) is 0 Å². The van der Waals surface area contributed by atoms with Crippen LogP contribution >= 0.6 is 0 Å². The second-order valence-electron chi connectivity index (χ2n) is 6.42. The SMILES string of the molecule is CC(C)(O)CCn1cc2cc(N)c(-c3ccnc(N)c3)cc2n1. The summed E-state index contributed by atoms with van der Waals surface area (Å²) in [5, 5.41) is 15.4. The van der Waals surface area contributed by atoms with E-state index >= 15 is 0 Å². The standard InChI is InChI=1S/C17H21N5O/c1-17(2,23)4-6-22-10-12-7-14(18)13(9-15(12)21-22)11-3-5-20-16(19)8-11/h3,5,7-10,23H,4,6,18H2,1-2H3,(H2,19,20). The number of aliphatic hydroxyl groups is 1. The van der Waals surface area contributed by atoms with E-state index in [2.05, 4.69) is 10.1 Å². The van der Waals surface area contributed by atoms with Crippen LogP contribution in [0.25, 0.3) is 22.0 Å². The Morgan fingerprint density at radius 1 is 1.22 bits per heavy atom. The molecule has 0 fully saturated rings. The van der Waals surface area contributed by atoms with Crippen LogP contribution in [0.3, 0.4) is 0 Å². The van der Waals surface area contributed by atoms with E-state index < -0.39 is 5.60 Å². The van der Waals surface area contributed by atoms with E-state index in [1.54, 1.807) is 26.1 Å². The quantitative estimate of drug-likeness (QED) is 0.642. The van der Waals surface area contributed by atoms with Crippen molar-refractivity contribution in [1.82, 2.24) is 14.8 Å². The Morgan fingerprint density at radius 2 is 2.00 bits per heavy atom. The molecular formula is C17H21N5O. The summed E-state index contributed by atoms with van der Waals surface area (Å²) in [5.74, 6) is 0.456. The van der Waals surface area contributed by atoms with Gasteiger partial charge in [0.15, 0.2) is 0 Å². The fraction of sp³-hybridized carbons (Fsp3) is 0.294. The molecule has 0 saturated heterocycles. The molecule has 2 heterocycles. The number of pyridine rings is 1. The van der Waals surface area contributed by atoms with Gasteiger partial charge in [-0.1, -0.05) is 0 Å². The first-order chi connectivity index (χ1) is 10.8. The second-order valence-corrected chi connectivity index (χ2v) is 6.42. The van der Waals surface area contributed by atoms with Crippen LogP contribution in [0.5, 0.6) is 0 Å². The zero-order chi connectivity index (χ0) is 16.6. The van der Waals surface area contributed by atoms with E-state index in [0.717, 1.165) is 22.0 Å². The monoisotopic (exact) mass is 311 g/mol. The van der Waals surface area contributed by atoms with Crippen LogP contribution in [0.15, 0.2) is 36.7 Å². The van der Waals surface area contributed by atoms with Gasteiger partial charge in [0.25, 0.3) is 0 Å². The summed E-state index contributed by atoms with van der Waals surface area (Å²) in [6.07, 6.45) is 4.24. The lowest BCUT2D eigenvalue weighted by atomic mass is 10.0. The molecule has 0 aliphatic carbocycles. The van der Waals surface area contributed by atoms with Gasteiger partial charge in [0.05, 0.1) is 11.1 Å². The maximum absolute atomic E-state index is 9.84. The maximum atomic E-state index is 9.84. The second kappa shape index (κ2) is 5.55. The molecule has 0 aliphatic heterocycles. The molecule has 0 amide bonds. The first kappa shape index (κ1) is 15.3. The molecule has 1 aromatic carbocycles. The lowest BCUT2D eigenvalue weighted by Crippen LogP contribution is -2.21. The zero-order valence-electron chi connectivity index (χ0n) is 13.3. The van der Waals surface area contributed by atoms with Crippen LogP contribution in [0.1, 0.15) is 20.3 Å². The van der Waals surface area contributed by atoms with Crippen molar-refractivity contribution >= 4 is 22.4 Å². The third-order valence-corrected chi connectivity index (χ3v) is 3.77. The summed E-state index contributed by atoms with van der Waals surface area (Å²) in [7, 11) is 0. The van der Waals surface area contributed by atoms with Gasteiger partial charge in [0, 0.05) is 35.6 Å². The Labute approximate surface area is 134 Å². The highest BCUT2D eigenvalue weighted by molar-refractivity contribution is 5.91. The van der Waals surface area contributed by atoms with Gasteiger partial charge in [-0.05, 0) is 50.1 Å². The number of benzene rings is 1. The summed E-state index contributed by atoms with van der Waals surface area (Å²) in [6, 6.07) is 7.54. The van der Waals surface area contributed by atoms with Gasteiger partial charge < -0.3 is 16.6 Å². The largest absolute Gasteiger partial charge is 0.398 e. The lowest BCUT2D eigenvalue weighted by molar-refractivity contribution is 0.0651. The molecule has 0 saturated carbocycles. The Kier molecular flexibility index (Phi) is 3.69. The average molecular weight is 311 g/mol. The molecule has 23 heavy (non-hydrogen) atoms. The van der Waals surface area contributed by atoms with E-state index in [0.29, 0.717) is 24.5 Å². The highest BCUT2D eigenvalue weighted by atomic mass is 16.3. The number of nitrogens with two attached hydrogens (primary N) is 2. The van der Waals surface area contributed by atoms with Crippen molar-refractivity contribution in [2.45, 2.75) is 32.4 Å². The van der Waals surface area contributed by atoms with Crippen LogP contribution in [-0.4, -0.2) is 25.5 Å². The number of nitrogens with zero attached hydrogens (tertiary/aromatic N) is 3. The van der Waals surface area contributed by atoms with E-state index in [1.807, 2.05) is 29.1 Å². The third-order valence-electron chi connectivity index (χ3n) is 3.77. The topological polar surface area (TPSA) is 103 Å². The van der Waals surface area contributed by atoms with Gasteiger partial charge >= 0.3 is 0 Å². The first-order valence-electron chi connectivity index (χ1n) is 7.53. The van der Waals surface area contributed by atoms with Gasteiger partial charge in [0.2, 0.25) is 0 Å². The van der Waals surface area contributed by atoms with Crippen molar-refractivity contribution in [2.75, 3.05) is 11.5 Å². The van der Waals surface area contributed by atoms with Crippen molar-refractivity contribution in [3.05, 3.63) is 36.7 Å². The molecular weight excluding hydrogens is 290 g/mol. The number of rotatable bonds is 4. The van der Waals surface area contributed by atoms with Gasteiger partial charge in [0.1, 0.15) is 5.82 Å². The Morgan fingerprint density at radius 3 is 2.70 bits per heavy atom. The highest BCUT2D eigenvalue weighted by Gasteiger charge is 2.13. The average Bonchev–Trinajstić information content (AvgIpc) is 2.85. The Bertz CT molecular complexity index is 848. The predicted octanol–water partition coefficient (Wildman–Crippen LogP) is 2.42. The van der Waals surface area contributed by atoms with Gasteiger partial charge in [-0.25, -0.2) is 4.98 Å². The van der Waals surface area contributed by atoms with Gasteiger partial charge in [-0.15, -0.1) is 0 Å². The molecule has 3 aromatic rings. The fourth-order valence-electron chi connectivity index (χ4n) is 2.51. The molecule has 5 N–H and O–H groups in total. The van der Waals surface area contributed by atoms with Crippen molar-refractivity contribution in [3.8, 4) is 11.1 Å². The zero-order valence-corrected chi connectivity index (χ0v) is 13.3. The molecule has 6 heteroatoms. The molecule has 120 valence electrons. The molecule has 0 radical (unpaired) electrons. The van der Waals surface area contributed by atoms with Crippen LogP contribution in [0, 0.1) is 0 Å². The summed E-state index contributed by atoms with van der Waals surface area (Å²) < 4.78 is 1.84. The predicted molar refractivity (Wildman–Crippen MR) is 92.7 cm³/mol. The minimum atomic E-state index is -0.711. The Balaban J connectivity index is 1.97. The summed E-state index contributed by atoms with van der Waals surface area (Å²) in [6.45, 7) is 4.23. The number of aromatic nitrogens is 3. The number of aryl methyl sites for hydroxylation is 1. The van der Waals surface area contributed by atoms with E-state index in [4.69, 9.17) is 11.5 Å². The molecule has 3 rings (SSSR count). The summed E-state index contributed by atoms with van der Waals surface area (Å²) >= 11 is 0. The van der Waals surface area contributed by atoms with Crippen molar-refractivity contribution < 1.29 is 5.11 Å². The van der Waals surface area contributed by atoms with Crippen LogP contribution in [-0.2, 0) is 6.54 Å². The number of hydrogen-bond donors (Lipinski definition) is 3. The number of nitrogen functional groups attached to an aromatic ring is 2. The molecule has 0 bridgehead atoms. The van der Waals surface area contributed by atoms with E-state index in [1.165, 1.54) is 0 Å². The van der Waals surface area contributed by atoms with E-state index in [9.17, 15) is 5.11 Å². The van der Waals surface area contributed by atoms with Crippen molar-refractivity contribution in [2.24, 2.45) is 0 Å². The number of anilines is 2. The molecule has 6 nitrogen and oxygen atoms in total.